The number of benzene rings is 1. The van der Waals surface area contributed by atoms with E-state index in [9.17, 15) is 14.0 Å². The van der Waals surface area contributed by atoms with Crippen LogP contribution < -0.4 is 0 Å². The standard InChI is InChI=1S/C26H35FN2O3/c1-5-28(6-2)12-7-13-29-23(18-8-10-19(27)11-9-18)22-24(30)20-14-16(3)17(4)15-21(20)32-25(22)26(29)31/h8-11,16-17,20-21,23H,5-7,12-15H2,1-4H3. The Morgan fingerprint density at radius 3 is 2.38 bits per heavy atom. The number of carbonyl (C=O) groups excluding carboxylic acids is 2. The van der Waals surface area contributed by atoms with Crippen molar-refractivity contribution in [3.63, 3.8) is 0 Å². The molecular formula is C26H35FN2O3. The van der Waals surface area contributed by atoms with E-state index in [-0.39, 0.29) is 35.3 Å². The third-order valence-electron chi connectivity index (χ3n) is 7.76. The first-order chi connectivity index (χ1) is 15.3. The van der Waals surface area contributed by atoms with E-state index in [1.807, 2.05) is 0 Å². The Labute approximate surface area is 190 Å². The molecule has 0 N–H and O–H groups in total. The molecule has 1 saturated carbocycles. The molecule has 6 heteroatoms. The summed E-state index contributed by atoms with van der Waals surface area (Å²) in [7, 11) is 0. The quantitative estimate of drug-likeness (QED) is 0.630. The predicted octanol–water partition coefficient (Wildman–Crippen LogP) is 4.35. The lowest BCUT2D eigenvalue weighted by atomic mass is 9.70. The monoisotopic (exact) mass is 442 g/mol. The van der Waals surface area contributed by atoms with Crippen LogP contribution in [-0.2, 0) is 14.3 Å². The first-order valence-electron chi connectivity index (χ1n) is 12.1. The largest absolute Gasteiger partial charge is 0.483 e. The molecule has 5 nitrogen and oxygen atoms in total. The topological polar surface area (TPSA) is 49.9 Å². The fourth-order valence-corrected chi connectivity index (χ4v) is 5.54. The Morgan fingerprint density at radius 2 is 1.72 bits per heavy atom. The highest BCUT2D eigenvalue weighted by molar-refractivity contribution is 6.11. The average molecular weight is 443 g/mol. The van der Waals surface area contributed by atoms with E-state index in [0.717, 1.165) is 44.5 Å². The maximum Gasteiger partial charge on any atom is 0.290 e. The van der Waals surface area contributed by atoms with Gasteiger partial charge in [-0.05, 0) is 68.4 Å². The van der Waals surface area contributed by atoms with Gasteiger partial charge in [-0.15, -0.1) is 0 Å². The number of Topliss-reactive ketones (excluding diaryl/α,β-unsaturated/α-hetero) is 1. The number of ketones is 1. The highest BCUT2D eigenvalue weighted by Crippen LogP contribution is 2.48. The second-order valence-electron chi connectivity index (χ2n) is 9.63. The van der Waals surface area contributed by atoms with Gasteiger partial charge in [-0.3, -0.25) is 9.59 Å². The average Bonchev–Trinajstić information content (AvgIpc) is 3.05. The first-order valence-corrected chi connectivity index (χ1v) is 12.1. The molecular weight excluding hydrogens is 407 g/mol. The zero-order valence-electron chi connectivity index (χ0n) is 19.6. The number of hydrogen-bond acceptors (Lipinski definition) is 4. The number of nitrogens with zero attached hydrogens (tertiary/aromatic N) is 2. The summed E-state index contributed by atoms with van der Waals surface area (Å²) in [6.45, 7) is 12.0. The van der Waals surface area contributed by atoms with E-state index >= 15 is 0 Å². The van der Waals surface area contributed by atoms with Crippen LogP contribution in [0.1, 0.15) is 58.6 Å². The summed E-state index contributed by atoms with van der Waals surface area (Å²) < 4.78 is 19.9. The van der Waals surface area contributed by atoms with Crippen LogP contribution >= 0.6 is 0 Å². The summed E-state index contributed by atoms with van der Waals surface area (Å²) in [5.74, 6) is 0.442. The minimum Gasteiger partial charge on any atom is -0.483 e. The van der Waals surface area contributed by atoms with Gasteiger partial charge in [0, 0.05) is 6.54 Å². The molecule has 1 amide bonds. The van der Waals surface area contributed by atoms with Crippen molar-refractivity contribution in [2.45, 2.75) is 59.1 Å². The van der Waals surface area contributed by atoms with E-state index in [1.54, 1.807) is 17.0 Å². The minimum atomic E-state index is -0.502. The van der Waals surface area contributed by atoms with Gasteiger partial charge in [-0.25, -0.2) is 4.39 Å². The van der Waals surface area contributed by atoms with Crippen LogP contribution in [0.5, 0.6) is 0 Å². The molecule has 1 aromatic carbocycles. The Bertz CT molecular complexity index is 893. The highest BCUT2D eigenvalue weighted by atomic mass is 19.1. The van der Waals surface area contributed by atoms with Crippen LogP contribution in [0.4, 0.5) is 4.39 Å². The third kappa shape index (κ3) is 4.09. The number of amides is 1. The molecule has 1 aromatic rings. The van der Waals surface area contributed by atoms with Crippen LogP contribution in [-0.4, -0.2) is 53.8 Å². The van der Waals surface area contributed by atoms with Gasteiger partial charge in [-0.2, -0.15) is 0 Å². The number of hydrogen-bond donors (Lipinski definition) is 0. The van der Waals surface area contributed by atoms with Gasteiger partial charge in [0.15, 0.2) is 11.5 Å². The SMILES string of the molecule is CCN(CC)CCCN1C(=O)C2=C(C(=O)C3CC(C)C(C)CC3O2)C1c1ccc(F)cc1. The summed E-state index contributed by atoms with van der Waals surface area (Å²) >= 11 is 0. The summed E-state index contributed by atoms with van der Waals surface area (Å²) in [5.41, 5.74) is 1.24. The van der Waals surface area contributed by atoms with Gasteiger partial charge in [0.1, 0.15) is 11.9 Å². The van der Waals surface area contributed by atoms with Gasteiger partial charge in [0.25, 0.3) is 5.91 Å². The van der Waals surface area contributed by atoms with E-state index in [1.165, 1.54) is 12.1 Å². The normalized spacial score (nSPS) is 29.9. The highest BCUT2D eigenvalue weighted by Gasteiger charge is 2.53. The molecule has 5 atom stereocenters. The molecule has 32 heavy (non-hydrogen) atoms. The van der Waals surface area contributed by atoms with Crippen molar-refractivity contribution in [1.82, 2.24) is 9.80 Å². The molecule has 0 aromatic heterocycles. The molecule has 3 aliphatic rings. The molecule has 0 spiro atoms. The number of fused-ring (bicyclic) bond motifs is 1. The summed E-state index contributed by atoms with van der Waals surface area (Å²) in [6, 6.07) is 5.66. The van der Waals surface area contributed by atoms with Gasteiger partial charge >= 0.3 is 0 Å². The molecule has 1 fully saturated rings. The molecule has 0 bridgehead atoms. The molecule has 174 valence electrons. The van der Waals surface area contributed by atoms with Crippen molar-refractivity contribution in [2.75, 3.05) is 26.2 Å². The first kappa shape index (κ1) is 23.0. The molecule has 2 heterocycles. The summed E-state index contributed by atoms with van der Waals surface area (Å²) in [5, 5.41) is 0. The van der Waals surface area contributed by atoms with Gasteiger partial charge in [0.2, 0.25) is 0 Å². The second-order valence-corrected chi connectivity index (χ2v) is 9.63. The Kier molecular flexibility index (Phi) is 6.70. The smallest absolute Gasteiger partial charge is 0.290 e. The Morgan fingerprint density at radius 1 is 1.06 bits per heavy atom. The second kappa shape index (κ2) is 9.34. The van der Waals surface area contributed by atoms with Crippen molar-refractivity contribution < 1.29 is 18.7 Å². The van der Waals surface area contributed by atoms with Gasteiger partial charge < -0.3 is 14.5 Å². The van der Waals surface area contributed by atoms with Gasteiger partial charge in [-0.1, -0.05) is 39.8 Å². The van der Waals surface area contributed by atoms with Crippen molar-refractivity contribution in [2.24, 2.45) is 17.8 Å². The third-order valence-corrected chi connectivity index (χ3v) is 7.76. The van der Waals surface area contributed by atoms with Crippen molar-refractivity contribution >= 4 is 11.7 Å². The molecule has 1 aliphatic carbocycles. The zero-order chi connectivity index (χ0) is 23.0. The maximum absolute atomic E-state index is 13.7. The van der Waals surface area contributed by atoms with Crippen molar-refractivity contribution in [3.05, 3.63) is 47.0 Å². The summed E-state index contributed by atoms with van der Waals surface area (Å²) in [6.07, 6.45) is 2.17. The zero-order valence-corrected chi connectivity index (χ0v) is 19.6. The summed E-state index contributed by atoms with van der Waals surface area (Å²) in [4.78, 5) is 31.3. The Balaban J connectivity index is 1.65. The van der Waals surface area contributed by atoms with Crippen molar-refractivity contribution in [1.29, 1.82) is 0 Å². The van der Waals surface area contributed by atoms with E-state index < -0.39 is 6.04 Å². The van der Waals surface area contributed by atoms with E-state index in [0.29, 0.717) is 24.0 Å². The lowest BCUT2D eigenvalue weighted by molar-refractivity contribution is -0.137. The van der Waals surface area contributed by atoms with Crippen molar-refractivity contribution in [3.8, 4) is 0 Å². The van der Waals surface area contributed by atoms with Gasteiger partial charge in [0.05, 0.1) is 17.5 Å². The lowest BCUT2D eigenvalue weighted by Gasteiger charge is -2.40. The molecule has 2 aliphatic heterocycles. The van der Waals surface area contributed by atoms with Crippen LogP contribution in [0.2, 0.25) is 0 Å². The van der Waals surface area contributed by atoms with E-state index in [2.05, 4.69) is 32.6 Å². The van der Waals surface area contributed by atoms with Crippen LogP contribution in [0.15, 0.2) is 35.6 Å². The Hall–Kier alpha value is -2.21. The molecule has 5 unspecified atom stereocenters. The van der Waals surface area contributed by atoms with Crippen LogP contribution in [0, 0.1) is 23.6 Å². The fraction of sp³-hybridized carbons (Fsp3) is 0.615. The maximum atomic E-state index is 13.7. The molecule has 0 saturated heterocycles. The predicted molar refractivity (Wildman–Crippen MR) is 121 cm³/mol. The lowest BCUT2D eigenvalue weighted by Crippen LogP contribution is -2.43. The van der Waals surface area contributed by atoms with Crippen LogP contribution in [0.3, 0.4) is 0 Å². The minimum absolute atomic E-state index is 0.0453. The molecule has 0 radical (unpaired) electrons. The van der Waals surface area contributed by atoms with Crippen LogP contribution in [0.25, 0.3) is 0 Å². The van der Waals surface area contributed by atoms with E-state index in [4.69, 9.17) is 4.74 Å². The number of ether oxygens (including phenoxy) is 1. The fourth-order valence-electron chi connectivity index (χ4n) is 5.54. The number of rotatable bonds is 7. The molecule has 4 rings (SSSR count). The number of halogens is 1. The number of carbonyl (C=O) groups is 2.